The van der Waals surface area contributed by atoms with Crippen molar-refractivity contribution in [1.82, 2.24) is 24.4 Å². The number of benzene rings is 1. The SMILES string of the molecule is COc1cc(C(=O)O)c(C)c2nc(-c3cc4cccnc4n3CC3CC3)n(CC3CCNC3)c12. The van der Waals surface area contributed by atoms with Crippen molar-refractivity contribution in [2.24, 2.45) is 11.8 Å². The molecule has 8 nitrogen and oxygen atoms in total. The van der Waals surface area contributed by atoms with Gasteiger partial charge in [-0.2, -0.15) is 0 Å². The van der Waals surface area contributed by atoms with Crippen molar-refractivity contribution < 1.29 is 14.6 Å². The van der Waals surface area contributed by atoms with Crippen LogP contribution in [0.25, 0.3) is 33.6 Å². The number of aryl methyl sites for hydroxylation is 1. The molecule has 0 radical (unpaired) electrons. The van der Waals surface area contributed by atoms with Crippen LogP contribution in [-0.4, -0.2) is 50.4 Å². The fourth-order valence-corrected chi connectivity index (χ4v) is 5.29. The van der Waals surface area contributed by atoms with Gasteiger partial charge in [-0.05, 0) is 80.9 Å². The molecule has 0 amide bonds. The number of aromatic nitrogens is 4. The summed E-state index contributed by atoms with van der Waals surface area (Å²) < 4.78 is 10.3. The smallest absolute Gasteiger partial charge is 0.336 e. The number of pyridine rings is 1. The first kappa shape index (κ1) is 21.2. The van der Waals surface area contributed by atoms with Gasteiger partial charge in [-0.25, -0.2) is 14.8 Å². The maximum Gasteiger partial charge on any atom is 0.336 e. The fraction of sp³-hybridized carbons (Fsp3) is 0.423. The number of carboxylic acid groups (broad SMARTS) is 1. The van der Waals surface area contributed by atoms with Gasteiger partial charge < -0.3 is 24.3 Å². The van der Waals surface area contributed by atoms with E-state index in [9.17, 15) is 9.90 Å². The number of nitrogens with zero attached hydrogens (tertiary/aromatic N) is 4. The molecule has 1 saturated heterocycles. The number of carboxylic acids is 1. The average molecular weight is 460 g/mol. The molecular weight excluding hydrogens is 430 g/mol. The number of hydrogen-bond donors (Lipinski definition) is 2. The lowest BCUT2D eigenvalue weighted by Gasteiger charge is -2.17. The molecule has 1 atom stereocenters. The first-order valence-corrected chi connectivity index (χ1v) is 12.0. The summed E-state index contributed by atoms with van der Waals surface area (Å²) in [6.45, 7) is 5.52. The van der Waals surface area contributed by atoms with Crippen LogP contribution < -0.4 is 10.1 Å². The van der Waals surface area contributed by atoms with Gasteiger partial charge in [-0.3, -0.25) is 0 Å². The zero-order valence-electron chi connectivity index (χ0n) is 19.5. The van der Waals surface area contributed by atoms with Gasteiger partial charge in [0.15, 0.2) is 5.82 Å². The molecule has 2 aliphatic rings. The van der Waals surface area contributed by atoms with E-state index in [4.69, 9.17) is 14.7 Å². The Morgan fingerprint density at radius 1 is 1.21 bits per heavy atom. The molecule has 1 aliphatic carbocycles. The van der Waals surface area contributed by atoms with Crippen LogP contribution in [0.3, 0.4) is 0 Å². The van der Waals surface area contributed by atoms with E-state index < -0.39 is 5.97 Å². The minimum absolute atomic E-state index is 0.225. The molecule has 1 aliphatic heterocycles. The molecule has 1 saturated carbocycles. The summed E-state index contributed by atoms with van der Waals surface area (Å²) >= 11 is 0. The number of fused-ring (bicyclic) bond motifs is 2. The minimum atomic E-state index is -0.971. The van der Waals surface area contributed by atoms with E-state index in [1.165, 1.54) is 12.8 Å². The van der Waals surface area contributed by atoms with E-state index in [0.717, 1.165) is 60.7 Å². The van der Waals surface area contributed by atoms with Crippen LogP contribution in [0.2, 0.25) is 0 Å². The lowest BCUT2D eigenvalue weighted by molar-refractivity contribution is 0.0696. The van der Waals surface area contributed by atoms with E-state index in [1.54, 1.807) is 13.2 Å². The van der Waals surface area contributed by atoms with Gasteiger partial charge in [0.2, 0.25) is 0 Å². The Labute approximate surface area is 197 Å². The number of aromatic carboxylic acids is 1. The molecule has 1 unspecified atom stereocenters. The second kappa shape index (κ2) is 8.13. The van der Waals surface area contributed by atoms with Crippen LogP contribution in [0.4, 0.5) is 0 Å². The maximum absolute atomic E-state index is 12.0. The number of nitrogens with one attached hydrogen (secondary N) is 1. The van der Waals surface area contributed by atoms with Crippen molar-refractivity contribution in [2.75, 3.05) is 20.2 Å². The first-order chi connectivity index (χ1) is 16.5. The van der Waals surface area contributed by atoms with Crippen LogP contribution in [-0.2, 0) is 13.1 Å². The lowest BCUT2D eigenvalue weighted by atomic mass is 10.1. The van der Waals surface area contributed by atoms with Crippen LogP contribution in [0, 0.1) is 18.8 Å². The van der Waals surface area contributed by atoms with Crippen molar-refractivity contribution in [3.63, 3.8) is 0 Å². The zero-order chi connectivity index (χ0) is 23.4. The molecule has 6 rings (SSSR count). The molecule has 4 aromatic rings. The minimum Gasteiger partial charge on any atom is -0.494 e. The Morgan fingerprint density at radius 2 is 2.03 bits per heavy atom. The van der Waals surface area contributed by atoms with Crippen molar-refractivity contribution in [2.45, 2.75) is 39.3 Å². The first-order valence-electron chi connectivity index (χ1n) is 12.0. The molecule has 8 heteroatoms. The van der Waals surface area contributed by atoms with Gasteiger partial charge in [0.1, 0.15) is 16.9 Å². The van der Waals surface area contributed by atoms with Crippen molar-refractivity contribution in [3.8, 4) is 17.3 Å². The van der Waals surface area contributed by atoms with Gasteiger partial charge in [-0.1, -0.05) is 0 Å². The molecule has 2 N–H and O–H groups in total. The van der Waals surface area contributed by atoms with Crippen LogP contribution in [0.1, 0.15) is 35.2 Å². The van der Waals surface area contributed by atoms with E-state index in [1.807, 2.05) is 19.2 Å². The monoisotopic (exact) mass is 459 g/mol. The highest BCUT2D eigenvalue weighted by Gasteiger charge is 2.29. The fourth-order valence-electron chi connectivity index (χ4n) is 5.29. The third kappa shape index (κ3) is 3.44. The Morgan fingerprint density at radius 3 is 2.74 bits per heavy atom. The molecular formula is C26H29N5O3. The Balaban J connectivity index is 1.64. The summed E-state index contributed by atoms with van der Waals surface area (Å²) in [5.41, 5.74) is 4.44. The summed E-state index contributed by atoms with van der Waals surface area (Å²) in [6.07, 6.45) is 5.42. The molecule has 3 aromatic heterocycles. The number of carbonyl (C=O) groups is 1. The molecule has 1 aromatic carbocycles. The van der Waals surface area contributed by atoms with Crippen LogP contribution in [0.5, 0.6) is 5.75 Å². The van der Waals surface area contributed by atoms with Gasteiger partial charge in [0.05, 0.1) is 23.9 Å². The Hall–Kier alpha value is -3.39. The van der Waals surface area contributed by atoms with Gasteiger partial charge in [0, 0.05) is 24.7 Å². The summed E-state index contributed by atoms with van der Waals surface area (Å²) in [6, 6.07) is 7.87. The third-order valence-electron chi connectivity index (χ3n) is 7.31. The molecule has 2 fully saturated rings. The van der Waals surface area contributed by atoms with Crippen LogP contribution >= 0.6 is 0 Å². The summed E-state index contributed by atoms with van der Waals surface area (Å²) in [7, 11) is 1.60. The predicted molar refractivity (Wildman–Crippen MR) is 130 cm³/mol. The second-order valence-electron chi connectivity index (χ2n) is 9.66. The summed E-state index contributed by atoms with van der Waals surface area (Å²) in [5, 5.41) is 14.4. The topological polar surface area (TPSA) is 94.2 Å². The van der Waals surface area contributed by atoms with E-state index >= 15 is 0 Å². The summed E-state index contributed by atoms with van der Waals surface area (Å²) in [5.74, 6) is 1.57. The predicted octanol–water partition coefficient (Wildman–Crippen LogP) is 4.09. The van der Waals surface area contributed by atoms with Crippen LogP contribution in [0.15, 0.2) is 30.5 Å². The van der Waals surface area contributed by atoms with E-state index in [0.29, 0.717) is 28.7 Å². The molecule has 0 spiro atoms. The Bertz CT molecular complexity index is 1410. The standard InChI is InChI=1S/C26H29N5O3/c1-15-19(26(32)33)11-21(34-2)23-22(15)29-25(31(23)14-17-7-9-27-12-17)20-10-18-4-3-8-28-24(18)30(20)13-16-5-6-16/h3-4,8,10-11,16-17,27H,5-7,9,12-14H2,1-2H3,(H,32,33). The number of ether oxygens (including phenoxy) is 1. The zero-order valence-corrected chi connectivity index (χ0v) is 19.5. The van der Waals surface area contributed by atoms with Gasteiger partial charge >= 0.3 is 5.97 Å². The number of rotatable bonds is 7. The van der Waals surface area contributed by atoms with Crippen molar-refractivity contribution in [1.29, 1.82) is 0 Å². The largest absolute Gasteiger partial charge is 0.494 e. The third-order valence-corrected chi connectivity index (χ3v) is 7.31. The normalized spacial score (nSPS) is 18.2. The maximum atomic E-state index is 12.0. The van der Waals surface area contributed by atoms with E-state index in [-0.39, 0.29) is 5.56 Å². The van der Waals surface area contributed by atoms with Gasteiger partial charge in [-0.15, -0.1) is 0 Å². The number of hydrogen-bond acceptors (Lipinski definition) is 5. The Kier molecular flexibility index (Phi) is 5.06. The molecule has 176 valence electrons. The van der Waals surface area contributed by atoms with Crippen molar-refractivity contribution >= 4 is 28.0 Å². The average Bonchev–Trinajstić information content (AvgIpc) is 3.20. The second-order valence-corrected chi connectivity index (χ2v) is 9.66. The highest BCUT2D eigenvalue weighted by Crippen LogP contribution is 2.39. The highest BCUT2D eigenvalue weighted by molar-refractivity contribution is 5.99. The summed E-state index contributed by atoms with van der Waals surface area (Å²) in [4.78, 5) is 21.8. The van der Waals surface area contributed by atoms with Crippen molar-refractivity contribution in [3.05, 3.63) is 41.6 Å². The molecule has 34 heavy (non-hydrogen) atoms. The van der Waals surface area contributed by atoms with Gasteiger partial charge in [0.25, 0.3) is 0 Å². The molecule has 0 bridgehead atoms. The molecule has 4 heterocycles. The lowest BCUT2D eigenvalue weighted by Crippen LogP contribution is -2.16. The number of methoxy groups -OCH3 is 1. The quantitative estimate of drug-likeness (QED) is 0.432. The highest BCUT2D eigenvalue weighted by atomic mass is 16.5. The number of imidazole rings is 1. The van der Waals surface area contributed by atoms with E-state index in [2.05, 4.69) is 26.6 Å².